The molecule has 10 heteroatoms. The zero-order chi connectivity index (χ0) is 21.8. The van der Waals surface area contributed by atoms with E-state index in [0.29, 0.717) is 6.42 Å². The molecule has 1 heterocycles. The van der Waals surface area contributed by atoms with E-state index in [-0.39, 0.29) is 23.1 Å². The lowest BCUT2D eigenvalue weighted by Gasteiger charge is -2.12. The van der Waals surface area contributed by atoms with Crippen LogP contribution in [0.15, 0.2) is 29.2 Å². The third-order valence-electron chi connectivity index (χ3n) is 4.09. The third kappa shape index (κ3) is 5.14. The lowest BCUT2D eigenvalue weighted by Crippen LogP contribution is -2.16. The minimum Gasteiger partial charge on any atom is -0.465 e. The smallest absolute Gasteiger partial charge is 0.359 e. The largest absolute Gasteiger partial charge is 0.465 e. The van der Waals surface area contributed by atoms with Crippen LogP contribution in [0.2, 0.25) is 0 Å². The Morgan fingerprint density at radius 1 is 1.07 bits per heavy atom. The van der Waals surface area contributed by atoms with Gasteiger partial charge in [0.1, 0.15) is 4.90 Å². The van der Waals surface area contributed by atoms with E-state index in [9.17, 15) is 18.0 Å². The first-order valence-corrected chi connectivity index (χ1v) is 10.3. The van der Waals surface area contributed by atoms with E-state index in [1.54, 1.807) is 12.1 Å². The van der Waals surface area contributed by atoms with Crippen molar-refractivity contribution in [2.24, 2.45) is 5.92 Å². The summed E-state index contributed by atoms with van der Waals surface area (Å²) in [6.07, 6.45) is 0.601. The first kappa shape index (κ1) is 22.4. The van der Waals surface area contributed by atoms with E-state index in [0.717, 1.165) is 19.8 Å². The minimum atomic E-state index is -4.30. The topological polar surface area (TPSA) is 114 Å². The molecule has 0 aliphatic heterocycles. The van der Waals surface area contributed by atoms with Crippen molar-refractivity contribution in [3.8, 4) is 5.88 Å². The van der Waals surface area contributed by atoms with Crippen molar-refractivity contribution in [2.45, 2.75) is 38.6 Å². The number of hydrogen-bond acceptors (Lipinski definition) is 8. The maximum Gasteiger partial charge on any atom is 0.359 e. The summed E-state index contributed by atoms with van der Waals surface area (Å²) in [6.45, 7) is 5.97. The van der Waals surface area contributed by atoms with Crippen LogP contribution in [0.1, 0.15) is 46.7 Å². The molecule has 0 N–H and O–H groups in total. The summed E-state index contributed by atoms with van der Waals surface area (Å²) in [7, 11) is -2.07. The number of methoxy groups -OCH3 is 2. The summed E-state index contributed by atoms with van der Waals surface area (Å²) >= 11 is 0. The molecule has 0 saturated carbocycles. The highest BCUT2D eigenvalue weighted by Gasteiger charge is 2.33. The second-order valence-corrected chi connectivity index (χ2v) is 8.31. The number of ether oxygens (including phenoxy) is 2. The number of aromatic nitrogens is 2. The standard InChI is InChI=1S/C19H24N2O7S/c1-12(2)10-11-21-17(15(18(22)26-4)16(20-21)19(23)27-5)28-29(24,25)14-8-6-13(3)7-9-14/h6-9,12H,10-11H2,1-5H3. The lowest BCUT2D eigenvalue weighted by atomic mass is 10.1. The molecule has 9 nitrogen and oxygen atoms in total. The Balaban J connectivity index is 2.61. The molecule has 2 rings (SSSR count). The second-order valence-electron chi connectivity index (χ2n) is 6.77. The van der Waals surface area contributed by atoms with Crippen molar-refractivity contribution in [2.75, 3.05) is 14.2 Å². The molecule has 0 aliphatic carbocycles. The van der Waals surface area contributed by atoms with Crippen molar-refractivity contribution in [3.63, 3.8) is 0 Å². The summed E-state index contributed by atoms with van der Waals surface area (Å²) in [5.74, 6) is -2.01. The number of nitrogens with zero attached hydrogens (tertiary/aromatic N) is 2. The SMILES string of the molecule is COC(=O)c1nn(CCC(C)C)c(OS(=O)(=O)c2ccc(C)cc2)c1C(=O)OC. The summed E-state index contributed by atoms with van der Waals surface area (Å²) < 4.78 is 41.4. The quantitative estimate of drug-likeness (QED) is 0.469. The Bertz CT molecular complexity index is 992. The molecule has 0 radical (unpaired) electrons. The Hall–Kier alpha value is -2.88. The summed E-state index contributed by atoms with van der Waals surface area (Å²) in [5.41, 5.74) is 0.0881. The highest BCUT2D eigenvalue weighted by molar-refractivity contribution is 7.87. The van der Waals surface area contributed by atoms with Gasteiger partial charge in [-0.1, -0.05) is 31.5 Å². The third-order valence-corrected chi connectivity index (χ3v) is 5.32. The molecular weight excluding hydrogens is 400 g/mol. The van der Waals surface area contributed by atoms with E-state index in [1.807, 2.05) is 20.8 Å². The van der Waals surface area contributed by atoms with Gasteiger partial charge in [-0.05, 0) is 31.4 Å². The van der Waals surface area contributed by atoms with E-state index < -0.39 is 33.5 Å². The number of hydrogen-bond donors (Lipinski definition) is 0. The van der Waals surface area contributed by atoms with Gasteiger partial charge in [-0.3, -0.25) is 0 Å². The zero-order valence-electron chi connectivity index (χ0n) is 17.0. The minimum absolute atomic E-state index is 0.102. The van der Waals surface area contributed by atoms with E-state index in [1.165, 1.54) is 16.8 Å². The van der Waals surface area contributed by atoms with Crippen LogP contribution in [0.25, 0.3) is 0 Å². The molecule has 0 amide bonds. The zero-order valence-corrected chi connectivity index (χ0v) is 17.8. The highest BCUT2D eigenvalue weighted by Crippen LogP contribution is 2.28. The van der Waals surface area contributed by atoms with Gasteiger partial charge in [0.25, 0.3) is 0 Å². The Labute approximate surface area is 169 Å². The average Bonchev–Trinajstić information content (AvgIpc) is 3.03. The second kappa shape index (κ2) is 9.08. The monoisotopic (exact) mass is 424 g/mol. The number of benzene rings is 1. The van der Waals surface area contributed by atoms with Crippen LogP contribution in [-0.4, -0.2) is 44.4 Å². The molecular formula is C19H24N2O7S. The Morgan fingerprint density at radius 2 is 1.66 bits per heavy atom. The Morgan fingerprint density at radius 3 is 2.17 bits per heavy atom. The van der Waals surface area contributed by atoms with Crippen molar-refractivity contribution < 1.29 is 31.7 Å². The van der Waals surface area contributed by atoms with Gasteiger partial charge in [0.05, 0.1) is 14.2 Å². The Kier molecular flexibility index (Phi) is 7.02. The van der Waals surface area contributed by atoms with Crippen molar-refractivity contribution in [3.05, 3.63) is 41.1 Å². The van der Waals surface area contributed by atoms with Crippen LogP contribution in [0.5, 0.6) is 5.88 Å². The molecule has 29 heavy (non-hydrogen) atoms. The van der Waals surface area contributed by atoms with Crippen LogP contribution in [0.3, 0.4) is 0 Å². The normalized spacial score (nSPS) is 11.4. The first-order valence-electron chi connectivity index (χ1n) is 8.89. The van der Waals surface area contributed by atoms with E-state index in [2.05, 4.69) is 9.84 Å². The van der Waals surface area contributed by atoms with E-state index >= 15 is 0 Å². The van der Waals surface area contributed by atoms with Crippen molar-refractivity contribution in [1.82, 2.24) is 9.78 Å². The molecule has 0 bridgehead atoms. The molecule has 1 aromatic heterocycles. The van der Waals surface area contributed by atoms with Crippen molar-refractivity contribution in [1.29, 1.82) is 0 Å². The lowest BCUT2D eigenvalue weighted by molar-refractivity contribution is 0.0550. The molecule has 1 aromatic carbocycles. The van der Waals surface area contributed by atoms with Crippen LogP contribution in [-0.2, 0) is 26.1 Å². The van der Waals surface area contributed by atoms with Gasteiger partial charge in [0.15, 0.2) is 11.3 Å². The van der Waals surface area contributed by atoms with Crippen molar-refractivity contribution >= 4 is 22.1 Å². The fourth-order valence-electron chi connectivity index (χ4n) is 2.45. The number of aryl methyl sites for hydroxylation is 2. The predicted molar refractivity (Wildman–Crippen MR) is 103 cm³/mol. The van der Waals surface area contributed by atoms with Gasteiger partial charge >= 0.3 is 22.1 Å². The molecule has 0 fully saturated rings. The van der Waals surface area contributed by atoms with Gasteiger partial charge in [-0.15, -0.1) is 0 Å². The molecule has 158 valence electrons. The number of esters is 2. The highest BCUT2D eigenvalue weighted by atomic mass is 32.2. The van der Waals surface area contributed by atoms with E-state index in [4.69, 9.17) is 8.92 Å². The molecule has 0 unspecified atom stereocenters. The summed E-state index contributed by atoms with van der Waals surface area (Å²) in [4.78, 5) is 24.4. The van der Waals surface area contributed by atoms with Crippen LogP contribution in [0, 0.1) is 12.8 Å². The van der Waals surface area contributed by atoms with Crippen LogP contribution >= 0.6 is 0 Å². The van der Waals surface area contributed by atoms with Crippen LogP contribution < -0.4 is 4.18 Å². The molecule has 0 aliphatic rings. The molecule has 2 aromatic rings. The number of carbonyl (C=O) groups is 2. The van der Waals surface area contributed by atoms with Gasteiger partial charge < -0.3 is 13.7 Å². The van der Waals surface area contributed by atoms with Crippen LogP contribution in [0.4, 0.5) is 0 Å². The van der Waals surface area contributed by atoms with Gasteiger partial charge in [-0.2, -0.15) is 13.5 Å². The molecule has 0 saturated heterocycles. The number of rotatable bonds is 8. The maximum atomic E-state index is 12.8. The maximum absolute atomic E-state index is 12.8. The molecule has 0 atom stereocenters. The molecule has 0 spiro atoms. The predicted octanol–water partition coefficient (Wildman–Crippen LogP) is 2.58. The fourth-order valence-corrected chi connectivity index (χ4v) is 3.39. The summed E-state index contributed by atoms with van der Waals surface area (Å²) in [5, 5.41) is 4.07. The van der Waals surface area contributed by atoms with Gasteiger partial charge in [-0.25, -0.2) is 14.3 Å². The first-order chi connectivity index (χ1) is 13.6. The van der Waals surface area contributed by atoms with Gasteiger partial charge in [0, 0.05) is 6.54 Å². The van der Waals surface area contributed by atoms with Gasteiger partial charge in [0.2, 0.25) is 5.88 Å². The summed E-state index contributed by atoms with van der Waals surface area (Å²) in [6, 6.07) is 6.01. The average molecular weight is 424 g/mol. The fraction of sp³-hybridized carbons (Fsp3) is 0.421. The number of carbonyl (C=O) groups excluding carboxylic acids is 2.